The Balaban J connectivity index is 1.66. The van der Waals surface area contributed by atoms with E-state index in [4.69, 9.17) is 0 Å². The minimum Gasteiger partial charge on any atom is -0.330 e. The van der Waals surface area contributed by atoms with Gasteiger partial charge in [0.1, 0.15) is 6.04 Å². The molecule has 22 heavy (non-hydrogen) atoms. The van der Waals surface area contributed by atoms with E-state index in [2.05, 4.69) is 44.0 Å². The van der Waals surface area contributed by atoms with Crippen LogP contribution in [0.25, 0.3) is 0 Å². The lowest BCUT2D eigenvalue weighted by molar-refractivity contribution is 0.369. The predicted octanol–water partition coefficient (Wildman–Crippen LogP) is 3.56. The summed E-state index contributed by atoms with van der Waals surface area (Å²) in [6.07, 6.45) is 14.7. The molecule has 4 atom stereocenters. The van der Waals surface area contributed by atoms with Gasteiger partial charge in [0.15, 0.2) is 0 Å². The van der Waals surface area contributed by atoms with E-state index in [-0.39, 0.29) is 6.04 Å². The van der Waals surface area contributed by atoms with Gasteiger partial charge in [-0.3, -0.25) is 4.98 Å². The second kappa shape index (κ2) is 5.33. The van der Waals surface area contributed by atoms with Crippen molar-refractivity contribution < 1.29 is 0 Å². The van der Waals surface area contributed by atoms with Crippen LogP contribution in [0, 0.1) is 10.8 Å². The van der Waals surface area contributed by atoms with E-state index in [1.807, 2.05) is 30.7 Å². The zero-order chi connectivity index (χ0) is 14.9. The number of hydrogen-bond acceptors (Lipinski definition) is 4. The molecule has 0 spiro atoms. The summed E-state index contributed by atoms with van der Waals surface area (Å²) in [7, 11) is 0. The largest absolute Gasteiger partial charge is 0.330 e. The molecule has 4 rings (SSSR count). The number of imidazole rings is 1. The van der Waals surface area contributed by atoms with Crippen LogP contribution in [0.1, 0.15) is 35.8 Å². The summed E-state index contributed by atoms with van der Waals surface area (Å²) in [6.45, 7) is 0. The zero-order valence-electron chi connectivity index (χ0n) is 12.0. The second-order valence-electron chi connectivity index (χ2n) is 5.78. The third kappa shape index (κ3) is 2.01. The highest BCUT2D eigenvalue weighted by atomic mass is 16.3. The van der Waals surface area contributed by atoms with Gasteiger partial charge in [-0.1, -0.05) is 35.5 Å². The number of rotatable bonds is 4. The van der Waals surface area contributed by atoms with Crippen LogP contribution in [0.5, 0.6) is 0 Å². The highest BCUT2D eigenvalue weighted by Gasteiger charge is 2.40. The Morgan fingerprint density at radius 2 is 2.18 bits per heavy atom. The van der Waals surface area contributed by atoms with Crippen LogP contribution in [0.2, 0.25) is 0 Å². The molecule has 5 heteroatoms. The molecule has 0 amide bonds. The molecule has 110 valence electrons. The van der Waals surface area contributed by atoms with Crippen LogP contribution < -0.4 is 0 Å². The fraction of sp³-hybridized carbons (Fsp3) is 0.294. The van der Waals surface area contributed by atoms with Crippen molar-refractivity contribution in [3.8, 4) is 0 Å². The third-order valence-electron chi connectivity index (χ3n) is 4.64. The molecule has 3 heterocycles. The van der Waals surface area contributed by atoms with Gasteiger partial charge < -0.3 is 4.57 Å². The number of nitrogens with zero attached hydrogens (tertiary/aromatic N) is 4. The Morgan fingerprint density at radius 1 is 1.27 bits per heavy atom. The molecule has 2 aromatic heterocycles. The summed E-state index contributed by atoms with van der Waals surface area (Å²) in [6, 6.07) is 5.36. The van der Waals surface area contributed by atoms with Gasteiger partial charge in [-0.25, -0.2) is 4.98 Å². The molecule has 0 bridgehead atoms. The normalized spacial score (nSPS) is 26.5. The Labute approximate surface area is 128 Å². The number of nitroso groups, excluding NO2 is 1. The van der Waals surface area contributed by atoms with Crippen molar-refractivity contribution in [1.29, 1.82) is 0 Å². The van der Waals surface area contributed by atoms with Crippen LogP contribution in [0.3, 0.4) is 0 Å². The summed E-state index contributed by atoms with van der Waals surface area (Å²) >= 11 is 0. The Hall–Kier alpha value is -2.56. The van der Waals surface area contributed by atoms with Crippen LogP contribution in [0.4, 0.5) is 0 Å². The number of pyridine rings is 1. The van der Waals surface area contributed by atoms with E-state index in [1.54, 1.807) is 6.20 Å². The average molecular weight is 292 g/mol. The molecule has 1 aliphatic carbocycles. The molecule has 0 fully saturated rings. The fourth-order valence-corrected chi connectivity index (χ4v) is 3.61. The highest BCUT2D eigenvalue weighted by molar-refractivity contribution is 5.31. The molecule has 1 aliphatic heterocycles. The average Bonchev–Trinajstić information content (AvgIpc) is 3.15. The number of fused-ring (bicyclic) bond motifs is 3. The van der Waals surface area contributed by atoms with Crippen molar-refractivity contribution in [2.75, 3.05) is 0 Å². The first-order chi connectivity index (χ1) is 10.9. The van der Waals surface area contributed by atoms with Gasteiger partial charge in [0, 0.05) is 42.4 Å². The van der Waals surface area contributed by atoms with Crippen molar-refractivity contribution >= 4 is 0 Å². The van der Waals surface area contributed by atoms with Crippen LogP contribution in [-0.4, -0.2) is 14.5 Å². The molecule has 0 radical (unpaired) electrons. The monoisotopic (exact) mass is 292 g/mol. The van der Waals surface area contributed by atoms with Crippen molar-refractivity contribution in [1.82, 2.24) is 14.5 Å². The fourth-order valence-electron chi connectivity index (χ4n) is 3.61. The molecule has 0 saturated carbocycles. The summed E-state index contributed by atoms with van der Waals surface area (Å²) in [5, 5.41) is 3.33. The highest BCUT2D eigenvalue weighted by Crippen LogP contribution is 2.48. The number of hydrogen-bond donors (Lipinski definition) is 0. The van der Waals surface area contributed by atoms with Crippen molar-refractivity contribution in [2.45, 2.75) is 24.4 Å². The predicted molar refractivity (Wildman–Crippen MR) is 83.2 cm³/mol. The molecular weight excluding hydrogens is 276 g/mol. The van der Waals surface area contributed by atoms with Crippen LogP contribution in [0.15, 0.2) is 66.4 Å². The summed E-state index contributed by atoms with van der Waals surface area (Å²) in [5.41, 5.74) is 1.94. The van der Waals surface area contributed by atoms with Gasteiger partial charge in [-0.2, -0.15) is 4.91 Å². The van der Waals surface area contributed by atoms with Gasteiger partial charge in [0.25, 0.3) is 0 Å². The van der Waals surface area contributed by atoms with E-state index in [1.165, 1.54) is 5.69 Å². The maximum absolute atomic E-state index is 11.4. The minimum absolute atomic E-state index is 0.188. The maximum Gasteiger partial charge on any atom is 0.136 e. The number of aromatic nitrogens is 3. The van der Waals surface area contributed by atoms with E-state index < -0.39 is 6.04 Å². The molecular formula is C17H16N4O. The van der Waals surface area contributed by atoms with Gasteiger partial charge in [-0.15, -0.1) is 0 Å². The van der Waals surface area contributed by atoms with Gasteiger partial charge >= 0.3 is 0 Å². The maximum atomic E-state index is 11.4. The second-order valence-corrected chi connectivity index (χ2v) is 5.78. The smallest absolute Gasteiger partial charge is 0.136 e. The first-order valence-corrected chi connectivity index (χ1v) is 7.48. The molecule has 2 aromatic rings. The first-order valence-electron chi connectivity index (χ1n) is 7.48. The van der Waals surface area contributed by atoms with Gasteiger partial charge in [-0.05, 0) is 12.1 Å². The lowest BCUT2D eigenvalue weighted by atomic mass is 9.82. The Morgan fingerprint density at radius 3 is 3.00 bits per heavy atom. The van der Waals surface area contributed by atoms with Crippen molar-refractivity contribution in [3.63, 3.8) is 0 Å². The van der Waals surface area contributed by atoms with E-state index in [0.29, 0.717) is 18.3 Å². The SMILES string of the molecule is O=N[C@@H](CC1C2C=CC=CC2c2cncn21)c1ccccn1. The molecule has 0 saturated heterocycles. The quantitative estimate of drug-likeness (QED) is 0.809. The topological polar surface area (TPSA) is 60.1 Å². The zero-order valence-corrected chi connectivity index (χ0v) is 12.0. The molecule has 0 N–H and O–H groups in total. The number of allylic oxidation sites excluding steroid dienone is 4. The van der Waals surface area contributed by atoms with E-state index in [0.717, 1.165) is 5.69 Å². The summed E-state index contributed by atoms with van der Waals surface area (Å²) in [4.78, 5) is 19.9. The Kier molecular flexibility index (Phi) is 3.18. The Bertz CT molecular complexity index is 734. The molecule has 3 unspecified atom stereocenters. The molecule has 5 nitrogen and oxygen atoms in total. The van der Waals surface area contributed by atoms with E-state index >= 15 is 0 Å². The van der Waals surface area contributed by atoms with Crippen molar-refractivity contribution in [2.24, 2.45) is 11.1 Å². The third-order valence-corrected chi connectivity index (χ3v) is 4.64. The van der Waals surface area contributed by atoms with Gasteiger partial charge in [0.2, 0.25) is 0 Å². The van der Waals surface area contributed by atoms with E-state index in [9.17, 15) is 4.91 Å². The van der Waals surface area contributed by atoms with Gasteiger partial charge in [0.05, 0.1) is 12.0 Å². The first kappa shape index (κ1) is 13.1. The summed E-state index contributed by atoms with van der Waals surface area (Å²) in [5.74, 6) is 0.699. The van der Waals surface area contributed by atoms with Crippen LogP contribution >= 0.6 is 0 Å². The van der Waals surface area contributed by atoms with Crippen molar-refractivity contribution in [3.05, 3.63) is 77.5 Å². The lowest BCUT2D eigenvalue weighted by Crippen LogP contribution is -2.16. The minimum atomic E-state index is -0.431. The van der Waals surface area contributed by atoms with Crippen LogP contribution in [-0.2, 0) is 0 Å². The summed E-state index contributed by atoms with van der Waals surface area (Å²) < 4.78 is 2.19. The lowest BCUT2D eigenvalue weighted by Gasteiger charge is -2.24. The molecule has 2 aliphatic rings. The molecule has 0 aromatic carbocycles. The standard InChI is InChI=1S/C17H16N4O/c22-20-15(14-7-3-4-8-19-14)9-16-12-5-1-2-6-13(12)17-10-18-11-21(16)17/h1-8,10-13,15-16H,9H2/t12?,13?,15-,16?/m0/s1.